The summed E-state index contributed by atoms with van der Waals surface area (Å²) < 4.78 is 47.0. The quantitative estimate of drug-likeness (QED) is 0.173. The number of ether oxygens (including phenoxy) is 1. The smallest absolute Gasteiger partial charge is 0.417 e. The summed E-state index contributed by atoms with van der Waals surface area (Å²) in [7, 11) is 0. The Morgan fingerprint density at radius 3 is 2.07 bits per heavy atom. The zero-order valence-electron chi connectivity index (χ0n) is 23.0. The third-order valence-electron chi connectivity index (χ3n) is 7.03. The van der Waals surface area contributed by atoms with Crippen LogP contribution in [-0.4, -0.2) is 36.3 Å². The lowest BCUT2D eigenvalue weighted by Gasteiger charge is -2.31. The van der Waals surface area contributed by atoms with Gasteiger partial charge in [0.2, 0.25) is 0 Å². The Hall–Kier alpha value is -3.32. The zero-order chi connectivity index (χ0) is 29.2. The molecule has 0 aromatic heterocycles. The van der Waals surface area contributed by atoms with Crippen LogP contribution in [0.25, 0.3) is 0 Å². The molecule has 0 amide bonds. The van der Waals surface area contributed by atoms with E-state index in [1.165, 1.54) is 6.07 Å². The molecule has 4 aromatic carbocycles. The molecule has 0 aliphatic rings. The van der Waals surface area contributed by atoms with Crippen molar-refractivity contribution in [3.63, 3.8) is 0 Å². The highest BCUT2D eigenvalue weighted by atomic mass is 35.5. The van der Waals surface area contributed by atoms with Crippen molar-refractivity contribution in [1.82, 2.24) is 4.90 Å². The Morgan fingerprint density at radius 1 is 0.829 bits per heavy atom. The van der Waals surface area contributed by atoms with Gasteiger partial charge in [-0.2, -0.15) is 13.2 Å². The number of nitrogens with zero attached hydrogens (tertiary/aromatic N) is 1. The molecule has 0 radical (unpaired) electrons. The van der Waals surface area contributed by atoms with E-state index in [0.29, 0.717) is 31.7 Å². The summed E-state index contributed by atoms with van der Waals surface area (Å²) >= 11 is 6.34. The number of aliphatic hydroxyl groups is 1. The minimum Gasteiger partial charge on any atom is -0.493 e. The summed E-state index contributed by atoms with van der Waals surface area (Å²) in [5, 5.41) is 8.99. The molecule has 216 valence electrons. The lowest BCUT2D eigenvalue weighted by Crippen LogP contribution is -2.34. The van der Waals surface area contributed by atoms with E-state index in [9.17, 15) is 18.3 Å². The van der Waals surface area contributed by atoms with E-state index >= 15 is 0 Å². The number of halogens is 4. The van der Waals surface area contributed by atoms with Crippen LogP contribution in [0.1, 0.15) is 40.7 Å². The largest absolute Gasteiger partial charge is 0.493 e. The van der Waals surface area contributed by atoms with Gasteiger partial charge in [0.15, 0.2) is 0 Å². The number of aliphatic hydroxyl groups excluding tert-OH is 1. The van der Waals surface area contributed by atoms with Crippen LogP contribution in [0.3, 0.4) is 0 Å². The molecule has 0 aliphatic carbocycles. The standard InChI is InChI=1S/C34H35ClF3NO2/c1-25(24-41-30-16-8-10-26(20-30)18-19-40)21-39(22-29-15-9-17-32(33(29)35)34(36,37)38)23-31(27-11-4-2-5-12-27)28-13-6-3-7-14-28/h2-17,20,25,31,40H,18-19,21-24H2,1H3. The van der Waals surface area contributed by atoms with Gasteiger partial charge in [-0.15, -0.1) is 0 Å². The van der Waals surface area contributed by atoms with Crippen LogP contribution in [0.15, 0.2) is 103 Å². The third-order valence-corrected chi connectivity index (χ3v) is 7.47. The fourth-order valence-electron chi connectivity index (χ4n) is 5.05. The molecule has 3 nitrogen and oxygen atoms in total. The normalized spacial score (nSPS) is 12.6. The molecule has 7 heteroatoms. The van der Waals surface area contributed by atoms with Gasteiger partial charge in [0.05, 0.1) is 17.2 Å². The topological polar surface area (TPSA) is 32.7 Å². The van der Waals surface area contributed by atoms with Crippen LogP contribution < -0.4 is 4.74 Å². The Bertz CT molecular complexity index is 1330. The first-order valence-electron chi connectivity index (χ1n) is 13.7. The van der Waals surface area contributed by atoms with Gasteiger partial charge < -0.3 is 9.84 Å². The van der Waals surface area contributed by atoms with Crippen LogP contribution >= 0.6 is 11.6 Å². The van der Waals surface area contributed by atoms with Crippen LogP contribution in [0, 0.1) is 5.92 Å². The first-order valence-corrected chi connectivity index (χ1v) is 14.1. The lowest BCUT2D eigenvalue weighted by atomic mass is 9.90. The molecule has 0 bridgehead atoms. The molecule has 4 aromatic rings. The highest BCUT2D eigenvalue weighted by Gasteiger charge is 2.34. The van der Waals surface area contributed by atoms with Crippen LogP contribution in [0.5, 0.6) is 5.75 Å². The van der Waals surface area contributed by atoms with Gasteiger partial charge in [-0.3, -0.25) is 4.90 Å². The van der Waals surface area contributed by atoms with E-state index in [4.69, 9.17) is 16.3 Å². The highest BCUT2D eigenvalue weighted by molar-refractivity contribution is 6.32. The second kappa shape index (κ2) is 14.5. The highest BCUT2D eigenvalue weighted by Crippen LogP contribution is 2.37. The van der Waals surface area contributed by atoms with Gasteiger partial charge >= 0.3 is 6.18 Å². The van der Waals surface area contributed by atoms with Crippen molar-refractivity contribution in [1.29, 1.82) is 0 Å². The maximum absolute atomic E-state index is 13.6. The minimum absolute atomic E-state index is 0.00487. The molecule has 0 heterocycles. The van der Waals surface area contributed by atoms with E-state index in [2.05, 4.69) is 36.1 Å². The average molecular weight is 582 g/mol. The summed E-state index contributed by atoms with van der Waals surface area (Å²) in [5.74, 6) is 0.792. The summed E-state index contributed by atoms with van der Waals surface area (Å²) in [6.07, 6.45) is -3.97. The number of hydrogen-bond acceptors (Lipinski definition) is 3. The van der Waals surface area contributed by atoms with Gasteiger partial charge in [0.25, 0.3) is 0 Å². The van der Waals surface area contributed by atoms with E-state index in [0.717, 1.165) is 28.5 Å². The summed E-state index contributed by atoms with van der Waals surface area (Å²) in [6.45, 7) is 3.98. The lowest BCUT2D eigenvalue weighted by molar-refractivity contribution is -0.137. The van der Waals surface area contributed by atoms with E-state index < -0.39 is 11.7 Å². The zero-order valence-corrected chi connectivity index (χ0v) is 23.8. The Morgan fingerprint density at radius 2 is 1.46 bits per heavy atom. The fourth-order valence-corrected chi connectivity index (χ4v) is 5.34. The Labute approximate surface area is 245 Å². The Kier molecular flexibility index (Phi) is 10.9. The van der Waals surface area contributed by atoms with Gasteiger partial charge in [-0.25, -0.2) is 0 Å². The van der Waals surface area contributed by atoms with Crippen molar-refractivity contribution in [2.75, 3.05) is 26.3 Å². The number of benzene rings is 4. The Balaban J connectivity index is 1.59. The molecule has 0 fully saturated rings. The van der Waals surface area contributed by atoms with Crippen molar-refractivity contribution < 1.29 is 23.0 Å². The molecule has 0 spiro atoms. The van der Waals surface area contributed by atoms with Crippen LogP contribution in [0.2, 0.25) is 5.02 Å². The van der Waals surface area contributed by atoms with Gasteiger partial charge in [-0.05, 0) is 46.9 Å². The molecule has 4 rings (SSSR count). The van der Waals surface area contributed by atoms with E-state index in [-0.39, 0.29) is 30.0 Å². The summed E-state index contributed by atoms with van der Waals surface area (Å²) in [4.78, 5) is 2.17. The second-order valence-electron chi connectivity index (χ2n) is 10.4. The predicted molar refractivity (Wildman–Crippen MR) is 158 cm³/mol. The molecular formula is C34H35ClF3NO2. The fraction of sp³-hybridized carbons (Fsp3) is 0.294. The van der Waals surface area contributed by atoms with E-state index in [1.807, 2.05) is 60.7 Å². The van der Waals surface area contributed by atoms with Crippen molar-refractivity contribution in [3.05, 3.63) is 136 Å². The first-order chi connectivity index (χ1) is 19.7. The average Bonchev–Trinajstić information content (AvgIpc) is 2.96. The van der Waals surface area contributed by atoms with Gasteiger partial charge in [0.1, 0.15) is 5.75 Å². The van der Waals surface area contributed by atoms with Crippen LogP contribution in [-0.2, 0) is 19.1 Å². The molecular weight excluding hydrogens is 547 g/mol. The molecule has 1 N–H and O–H groups in total. The molecule has 0 saturated carbocycles. The number of alkyl halides is 3. The molecule has 1 unspecified atom stereocenters. The number of hydrogen-bond donors (Lipinski definition) is 1. The second-order valence-corrected chi connectivity index (χ2v) is 10.8. The minimum atomic E-state index is -4.53. The van der Waals surface area contributed by atoms with Crippen LogP contribution in [0.4, 0.5) is 13.2 Å². The first kappa shape index (κ1) is 30.6. The predicted octanol–water partition coefficient (Wildman–Crippen LogP) is 8.24. The summed E-state index contributed by atoms with van der Waals surface area (Å²) in [5.41, 5.74) is 2.86. The SMILES string of the molecule is CC(COc1cccc(CCO)c1)CN(Cc1cccc(C(F)(F)F)c1Cl)CC(c1ccccc1)c1ccccc1. The van der Waals surface area contributed by atoms with Crippen molar-refractivity contribution in [2.45, 2.75) is 32.0 Å². The van der Waals surface area contributed by atoms with Crippen molar-refractivity contribution in [2.24, 2.45) is 5.92 Å². The summed E-state index contributed by atoms with van der Waals surface area (Å²) in [6, 6.07) is 32.0. The van der Waals surface area contributed by atoms with E-state index in [1.54, 1.807) is 6.07 Å². The van der Waals surface area contributed by atoms with Crippen molar-refractivity contribution >= 4 is 11.6 Å². The molecule has 0 saturated heterocycles. The molecule has 41 heavy (non-hydrogen) atoms. The van der Waals surface area contributed by atoms with Gasteiger partial charge in [0, 0.05) is 38.1 Å². The molecule has 0 aliphatic heterocycles. The molecule has 1 atom stereocenters. The maximum atomic E-state index is 13.6. The third kappa shape index (κ3) is 8.83. The monoisotopic (exact) mass is 581 g/mol. The number of rotatable bonds is 13. The van der Waals surface area contributed by atoms with Gasteiger partial charge in [-0.1, -0.05) is 103 Å². The maximum Gasteiger partial charge on any atom is 0.417 e. The van der Waals surface area contributed by atoms with Crippen molar-refractivity contribution in [3.8, 4) is 5.75 Å².